The van der Waals surface area contributed by atoms with Crippen LogP contribution in [0.2, 0.25) is 0 Å². The Balaban J connectivity index is 1.78. The fraction of sp³-hybridized carbons (Fsp3) is 0.917. The van der Waals surface area contributed by atoms with Crippen molar-refractivity contribution >= 4 is 5.97 Å². The van der Waals surface area contributed by atoms with Gasteiger partial charge >= 0.3 is 5.97 Å². The van der Waals surface area contributed by atoms with Crippen LogP contribution in [-0.2, 0) is 9.53 Å². The molecule has 0 aromatic rings. The van der Waals surface area contributed by atoms with Gasteiger partial charge in [0.25, 0.3) is 0 Å². The molecule has 0 spiro atoms. The average molecular weight is 227 g/mol. The highest BCUT2D eigenvalue weighted by atomic mass is 16.5. The quantitative estimate of drug-likeness (QED) is 0.787. The van der Waals surface area contributed by atoms with E-state index in [1.807, 2.05) is 6.92 Å². The monoisotopic (exact) mass is 227 g/mol. The molecule has 4 nitrogen and oxygen atoms in total. The number of likely N-dealkylation sites (tertiary alicyclic amines) is 1. The minimum absolute atomic E-state index is 0.122. The summed E-state index contributed by atoms with van der Waals surface area (Å²) >= 11 is 0. The van der Waals surface area contributed by atoms with Gasteiger partial charge in [-0.3, -0.25) is 9.69 Å². The Bertz CT molecular complexity index is 249. The minimum Gasteiger partial charge on any atom is -0.481 e. The van der Waals surface area contributed by atoms with Crippen molar-refractivity contribution in [2.45, 2.75) is 44.8 Å². The SMILES string of the molecule is CCOC1CCN(C2CCC2C(=O)O)CC1. The summed E-state index contributed by atoms with van der Waals surface area (Å²) in [6.45, 7) is 4.81. The van der Waals surface area contributed by atoms with Crippen LogP contribution in [0.15, 0.2) is 0 Å². The molecule has 1 N–H and O–H groups in total. The Morgan fingerprint density at radius 1 is 1.31 bits per heavy atom. The molecule has 2 rings (SSSR count). The number of hydrogen-bond acceptors (Lipinski definition) is 3. The van der Waals surface area contributed by atoms with Crippen LogP contribution >= 0.6 is 0 Å². The van der Waals surface area contributed by atoms with Gasteiger partial charge in [-0.25, -0.2) is 0 Å². The van der Waals surface area contributed by atoms with Crippen molar-refractivity contribution in [2.24, 2.45) is 5.92 Å². The van der Waals surface area contributed by atoms with Crippen molar-refractivity contribution in [3.05, 3.63) is 0 Å². The van der Waals surface area contributed by atoms with E-state index in [2.05, 4.69) is 4.90 Å². The summed E-state index contributed by atoms with van der Waals surface area (Å²) in [5.41, 5.74) is 0. The lowest BCUT2D eigenvalue weighted by atomic mass is 9.78. The number of piperidine rings is 1. The summed E-state index contributed by atoms with van der Waals surface area (Å²) in [6, 6.07) is 0.292. The van der Waals surface area contributed by atoms with Crippen molar-refractivity contribution < 1.29 is 14.6 Å². The summed E-state index contributed by atoms with van der Waals surface area (Å²) in [4.78, 5) is 13.3. The van der Waals surface area contributed by atoms with Gasteiger partial charge < -0.3 is 9.84 Å². The second-order valence-corrected chi connectivity index (χ2v) is 4.78. The lowest BCUT2D eigenvalue weighted by Gasteiger charge is -2.45. The highest BCUT2D eigenvalue weighted by molar-refractivity contribution is 5.72. The van der Waals surface area contributed by atoms with Gasteiger partial charge in [0.1, 0.15) is 0 Å². The highest BCUT2D eigenvalue weighted by Gasteiger charge is 2.41. The first-order valence-electron chi connectivity index (χ1n) is 6.30. The second kappa shape index (κ2) is 5.15. The molecular formula is C12H21NO3. The molecule has 0 amide bonds. The number of aliphatic carboxylic acids is 1. The van der Waals surface area contributed by atoms with E-state index in [1.165, 1.54) is 0 Å². The molecule has 0 aromatic heterocycles. The largest absolute Gasteiger partial charge is 0.481 e. The lowest BCUT2D eigenvalue weighted by molar-refractivity contribution is -0.149. The zero-order chi connectivity index (χ0) is 11.5. The van der Waals surface area contributed by atoms with Crippen molar-refractivity contribution in [1.29, 1.82) is 0 Å². The Hall–Kier alpha value is -0.610. The maximum atomic E-state index is 11.0. The molecule has 2 atom stereocenters. The van der Waals surface area contributed by atoms with Crippen LogP contribution in [0.3, 0.4) is 0 Å². The van der Waals surface area contributed by atoms with Gasteiger partial charge in [-0.2, -0.15) is 0 Å². The summed E-state index contributed by atoms with van der Waals surface area (Å²) in [6.07, 6.45) is 4.40. The predicted octanol–water partition coefficient (Wildman–Crippen LogP) is 1.35. The number of carbonyl (C=O) groups is 1. The van der Waals surface area contributed by atoms with E-state index in [1.54, 1.807) is 0 Å². The molecule has 1 saturated heterocycles. The van der Waals surface area contributed by atoms with Crippen LogP contribution in [0.1, 0.15) is 32.6 Å². The van der Waals surface area contributed by atoms with E-state index in [0.29, 0.717) is 12.1 Å². The standard InChI is InChI=1S/C12H21NO3/c1-2-16-9-5-7-13(8-6-9)11-4-3-10(11)12(14)15/h9-11H,2-8H2,1H3,(H,14,15). The molecule has 0 radical (unpaired) electrons. The van der Waals surface area contributed by atoms with Gasteiger partial charge in [-0.05, 0) is 32.6 Å². The first-order chi connectivity index (χ1) is 7.72. The topological polar surface area (TPSA) is 49.8 Å². The van der Waals surface area contributed by atoms with Crippen LogP contribution in [0.4, 0.5) is 0 Å². The summed E-state index contributed by atoms with van der Waals surface area (Å²) in [7, 11) is 0. The molecule has 0 bridgehead atoms. The smallest absolute Gasteiger partial charge is 0.308 e. The maximum Gasteiger partial charge on any atom is 0.308 e. The van der Waals surface area contributed by atoms with E-state index in [4.69, 9.17) is 9.84 Å². The average Bonchev–Trinajstić information content (AvgIpc) is 2.18. The Morgan fingerprint density at radius 2 is 2.00 bits per heavy atom. The lowest BCUT2D eigenvalue weighted by Crippen LogP contribution is -2.53. The van der Waals surface area contributed by atoms with E-state index in [-0.39, 0.29) is 5.92 Å². The second-order valence-electron chi connectivity index (χ2n) is 4.78. The maximum absolute atomic E-state index is 11.0. The summed E-state index contributed by atoms with van der Waals surface area (Å²) in [5, 5.41) is 9.02. The normalized spacial score (nSPS) is 32.3. The fourth-order valence-electron chi connectivity index (χ4n) is 2.82. The van der Waals surface area contributed by atoms with Crippen LogP contribution in [0.5, 0.6) is 0 Å². The molecule has 0 aromatic carbocycles. The molecule has 2 fully saturated rings. The number of carboxylic acid groups (broad SMARTS) is 1. The number of rotatable bonds is 4. The predicted molar refractivity (Wildman–Crippen MR) is 60.4 cm³/mol. The van der Waals surface area contributed by atoms with E-state index >= 15 is 0 Å². The first kappa shape index (κ1) is 11.9. The zero-order valence-corrected chi connectivity index (χ0v) is 9.89. The third-order valence-electron chi connectivity index (χ3n) is 3.90. The number of ether oxygens (including phenoxy) is 1. The number of nitrogens with zero attached hydrogens (tertiary/aromatic N) is 1. The molecule has 2 unspecified atom stereocenters. The molecule has 2 aliphatic rings. The van der Waals surface area contributed by atoms with Crippen molar-refractivity contribution in [3.63, 3.8) is 0 Å². The number of carboxylic acids is 1. The van der Waals surface area contributed by atoms with Crippen LogP contribution < -0.4 is 0 Å². The van der Waals surface area contributed by atoms with Gasteiger partial charge in [-0.15, -0.1) is 0 Å². The zero-order valence-electron chi connectivity index (χ0n) is 9.89. The Labute approximate surface area is 96.6 Å². The van der Waals surface area contributed by atoms with Gasteiger partial charge in [0.2, 0.25) is 0 Å². The van der Waals surface area contributed by atoms with Gasteiger partial charge in [0.15, 0.2) is 0 Å². The molecule has 4 heteroatoms. The number of hydrogen-bond donors (Lipinski definition) is 1. The molecule has 1 saturated carbocycles. The molecular weight excluding hydrogens is 206 g/mol. The Kier molecular flexibility index (Phi) is 3.82. The third kappa shape index (κ3) is 2.38. The molecule has 92 valence electrons. The fourth-order valence-corrected chi connectivity index (χ4v) is 2.82. The van der Waals surface area contributed by atoms with Gasteiger partial charge in [0, 0.05) is 25.7 Å². The van der Waals surface area contributed by atoms with Crippen molar-refractivity contribution in [2.75, 3.05) is 19.7 Å². The van der Waals surface area contributed by atoms with Crippen LogP contribution in [0, 0.1) is 5.92 Å². The third-order valence-corrected chi connectivity index (χ3v) is 3.90. The van der Waals surface area contributed by atoms with Crippen molar-refractivity contribution in [1.82, 2.24) is 4.90 Å². The summed E-state index contributed by atoms with van der Waals surface area (Å²) in [5.74, 6) is -0.744. The van der Waals surface area contributed by atoms with Crippen LogP contribution in [0.25, 0.3) is 0 Å². The first-order valence-corrected chi connectivity index (χ1v) is 6.30. The summed E-state index contributed by atoms with van der Waals surface area (Å²) < 4.78 is 5.59. The Morgan fingerprint density at radius 3 is 2.44 bits per heavy atom. The van der Waals surface area contributed by atoms with Gasteiger partial charge in [-0.1, -0.05) is 0 Å². The van der Waals surface area contributed by atoms with Crippen LogP contribution in [-0.4, -0.2) is 47.8 Å². The van der Waals surface area contributed by atoms with E-state index < -0.39 is 5.97 Å². The minimum atomic E-state index is -0.622. The van der Waals surface area contributed by atoms with Gasteiger partial charge in [0.05, 0.1) is 12.0 Å². The van der Waals surface area contributed by atoms with E-state index in [0.717, 1.165) is 45.4 Å². The highest BCUT2D eigenvalue weighted by Crippen LogP contribution is 2.34. The van der Waals surface area contributed by atoms with Crippen molar-refractivity contribution in [3.8, 4) is 0 Å². The molecule has 1 aliphatic heterocycles. The molecule has 16 heavy (non-hydrogen) atoms. The molecule has 1 aliphatic carbocycles. The van der Waals surface area contributed by atoms with E-state index in [9.17, 15) is 4.79 Å². The molecule has 1 heterocycles.